The maximum absolute atomic E-state index is 13.0. The van der Waals surface area contributed by atoms with Crippen molar-refractivity contribution in [1.82, 2.24) is 0 Å². The molecule has 0 aliphatic rings. The average Bonchev–Trinajstić information content (AvgIpc) is 2.61. The van der Waals surface area contributed by atoms with E-state index in [0.717, 1.165) is 30.9 Å². The van der Waals surface area contributed by atoms with E-state index >= 15 is 0 Å². The summed E-state index contributed by atoms with van der Waals surface area (Å²) >= 11 is 20.0. The molecular formula is C21H9Cl3OS. The van der Waals surface area contributed by atoms with Crippen LogP contribution in [0.5, 0.6) is 0 Å². The highest BCUT2D eigenvalue weighted by Gasteiger charge is 2.10. The second kappa shape index (κ2) is 5.83. The second-order valence-corrected chi connectivity index (χ2v) is 8.57. The van der Waals surface area contributed by atoms with E-state index in [1.165, 1.54) is 0 Å². The van der Waals surface area contributed by atoms with Gasteiger partial charge in [-0.3, -0.25) is 4.79 Å². The molecule has 1 aromatic heterocycles. The zero-order valence-electron chi connectivity index (χ0n) is 13.1. The predicted molar refractivity (Wildman–Crippen MR) is 116 cm³/mol. The molecule has 0 spiro atoms. The van der Waals surface area contributed by atoms with Gasteiger partial charge in [0, 0.05) is 25.2 Å². The Morgan fingerprint density at radius 2 is 1.19 bits per heavy atom. The largest absolute Gasteiger partial charge is 0.289 e. The molecule has 0 aliphatic heterocycles. The van der Waals surface area contributed by atoms with Gasteiger partial charge in [-0.2, -0.15) is 0 Å². The highest BCUT2D eigenvalue weighted by atomic mass is 35.5. The normalized spacial score (nSPS) is 11.8. The van der Waals surface area contributed by atoms with Gasteiger partial charge in [-0.05, 0) is 76.1 Å². The third kappa shape index (κ3) is 2.49. The summed E-state index contributed by atoms with van der Waals surface area (Å²) in [5.41, 5.74) is 0.00684. The summed E-state index contributed by atoms with van der Waals surface area (Å²) in [6, 6.07) is 17.3. The molecule has 0 saturated carbocycles. The van der Waals surface area contributed by atoms with E-state index in [9.17, 15) is 4.79 Å². The lowest BCUT2D eigenvalue weighted by molar-refractivity contribution is 1.76. The molecule has 0 aliphatic carbocycles. The van der Waals surface area contributed by atoms with E-state index in [-0.39, 0.29) is 5.43 Å². The minimum Gasteiger partial charge on any atom is -0.289 e. The number of rotatable bonds is 0. The van der Waals surface area contributed by atoms with Crippen LogP contribution >= 0.6 is 46.1 Å². The Morgan fingerprint density at radius 3 is 1.88 bits per heavy atom. The Morgan fingerprint density at radius 1 is 0.615 bits per heavy atom. The van der Waals surface area contributed by atoms with Crippen LogP contribution in [0.2, 0.25) is 15.1 Å². The maximum Gasteiger partial charge on any atom is 0.195 e. The van der Waals surface area contributed by atoms with Crippen molar-refractivity contribution < 1.29 is 0 Å². The molecule has 0 saturated heterocycles. The molecule has 1 heterocycles. The molecule has 0 N–H and O–H groups in total. The standard InChI is InChI=1S/C21H9Cl3OS/c22-14-1-2-19-16(9-14)21(25)15-5-10-3-11-6-17(23)18(24)7-12(11)4-13(10)8-20(15)26-19/h1-9H. The minimum absolute atomic E-state index is 0.00684. The summed E-state index contributed by atoms with van der Waals surface area (Å²) in [6.45, 7) is 0. The fraction of sp³-hybridized carbons (Fsp3) is 0. The van der Waals surface area contributed by atoms with E-state index in [2.05, 4.69) is 12.1 Å². The van der Waals surface area contributed by atoms with Crippen LogP contribution in [0.15, 0.2) is 59.4 Å². The minimum atomic E-state index is 0.00684. The van der Waals surface area contributed by atoms with Gasteiger partial charge < -0.3 is 0 Å². The average molecular weight is 416 g/mol. The second-order valence-electron chi connectivity index (χ2n) is 6.23. The van der Waals surface area contributed by atoms with Crippen LogP contribution in [0.4, 0.5) is 0 Å². The first-order valence-electron chi connectivity index (χ1n) is 7.88. The van der Waals surface area contributed by atoms with Crippen molar-refractivity contribution in [3.8, 4) is 0 Å². The molecule has 0 radical (unpaired) electrons. The Kier molecular flexibility index (Phi) is 3.67. The summed E-state index contributed by atoms with van der Waals surface area (Å²) in [5.74, 6) is 0. The molecule has 0 fully saturated rings. The number of hydrogen-bond acceptors (Lipinski definition) is 2. The zero-order valence-corrected chi connectivity index (χ0v) is 16.2. The first kappa shape index (κ1) is 16.3. The van der Waals surface area contributed by atoms with Crippen LogP contribution in [0.3, 0.4) is 0 Å². The Balaban J connectivity index is 1.93. The van der Waals surface area contributed by atoms with Gasteiger partial charge in [-0.25, -0.2) is 0 Å². The Bertz CT molecular complexity index is 1440. The molecule has 1 nitrogen and oxygen atoms in total. The Labute approximate surface area is 167 Å². The predicted octanol–water partition coefficient (Wildman–Crippen LogP) is 7.68. The van der Waals surface area contributed by atoms with Crippen LogP contribution in [0.1, 0.15) is 0 Å². The van der Waals surface area contributed by atoms with Crippen molar-refractivity contribution in [2.24, 2.45) is 0 Å². The fourth-order valence-electron chi connectivity index (χ4n) is 3.32. The molecule has 5 aromatic rings. The van der Waals surface area contributed by atoms with Gasteiger partial charge in [0.25, 0.3) is 0 Å². The summed E-state index contributed by atoms with van der Waals surface area (Å²) in [5, 5.41) is 7.05. The third-order valence-corrected chi connectivity index (χ3v) is 6.67. The van der Waals surface area contributed by atoms with Crippen LogP contribution in [-0.2, 0) is 0 Å². The van der Waals surface area contributed by atoms with Crippen molar-refractivity contribution in [2.45, 2.75) is 0 Å². The van der Waals surface area contributed by atoms with Gasteiger partial charge in [-0.15, -0.1) is 11.3 Å². The van der Waals surface area contributed by atoms with Gasteiger partial charge in [0.05, 0.1) is 10.0 Å². The van der Waals surface area contributed by atoms with E-state index < -0.39 is 0 Å². The summed E-state index contributed by atoms with van der Waals surface area (Å²) in [4.78, 5) is 13.0. The van der Waals surface area contributed by atoms with Gasteiger partial charge >= 0.3 is 0 Å². The van der Waals surface area contributed by atoms with Gasteiger partial charge in [0.2, 0.25) is 0 Å². The van der Waals surface area contributed by atoms with Crippen LogP contribution in [0, 0.1) is 0 Å². The van der Waals surface area contributed by atoms with Crippen LogP contribution < -0.4 is 5.43 Å². The number of fused-ring (bicyclic) bond motifs is 4. The van der Waals surface area contributed by atoms with Gasteiger partial charge in [0.15, 0.2) is 5.43 Å². The summed E-state index contributed by atoms with van der Waals surface area (Å²) < 4.78 is 1.89. The van der Waals surface area contributed by atoms with Crippen molar-refractivity contribution >= 4 is 87.9 Å². The molecule has 4 aromatic carbocycles. The lowest BCUT2D eigenvalue weighted by Gasteiger charge is -2.07. The Hall–Kier alpha value is -1.84. The quantitative estimate of drug-likeness (QED) is 0.237. The molecule has 0 amide bonds. The lowest BCUT2D eigenvalue weighted by Crippen LogP contribution is -2.00. The summed E-state index contributed by atoms with van der Waals surface area (Å²) in [7, 11) is 0. The van der Waals surface area contributed by atoms with E-state index in [1.807, 2.05) is 36.4 Å². The molecule has 5 rings (SSSR count). The van der Waals surface area contributed by atoms with E-state index in [1.54, 1.807) is 17.4 Å². The zero-order chi connectivity index (χ0) is 18.0. The van der Waals surface area contributed by atoms with Crippen molar-refractivity contribution in [3.05, 3.63) is 79.9 Å². The van der Waals surface area contributed by atoms with Crippen molar-refractivity contribution in [1.29, 1.82) is 0 Å². The third-order valence-electron chi connectivity index (χ3n) is 4.58. The molecule has 26 heavy (non-hydrogen) atoms. The molecule has 0 atom stereocenters. The van der Waals surface area contributed by atoms with Crippen LogP contribution in [0.25, 0.3) is 41.7 Å². The van der Waals surface area contributed by atoms with Gasteiger partial charge in [0.1, 0.15) is 0 Å². The highest BCUT2D eigenvalue weighted by Crippen LogP contribution is 2.34. The molecule has 0 unspecified atom stereocenters. The van der Waals surface area contributed by atoms with E-state index in [0.29, 0.717) is 25.8 Å². The molecule has 126 valence electrons. The first-order chi connectivity index (χ1) is 12.5. The topological polar surface area (TPSA) is 17.1 Å². The van der Waals surface area contributed by atoms with Crippen molar-refractivity contribution in [2.75, 3.05) is 0 Å². The highest BCUT2D eigenvalue weighted by molar-refractivity contribution is 7.24. The lowest BCUT2D eigenvalue weighted by atomic mass is 10.0. The smallest absolute Gasteiger partial charge is 0.195 e. The van der Waals surface area contributed by atoms with Crippen LogP contribution in [-0.4, -0.2) is 0 Å². The SMILES string of the molecule is O=c1c2cc(Cl)ccc2sc2cc3cc4cc(Cl)c(Cl)cc4cc3cc12. The van der Waals surface area contributed by atoms with E-state index in [4.69, 9.17) is 34.8 Å². The molecule has 5 heteroatoms. The monoisotopic (exact) mass is 414 g/mol. The van der Waals surface area contributed by atoms with Crippen molar-refractivity contribution in [3.63, 3.8) is 0 Å². The first-order valence-corrected chi connectivity index (χ1v) is 9.83. The molecular weight excluding hydrogens is 407 g/mol. The number of hydrogen-bond donors (Lipinski definition) is 0. The fourth-order valence-corrected chi connectivity index (χ4v) is 4.92. The van der Waals surface area contributed by atoms with Gasteiger partial charge in [-0.1, -0.05) is 34.8 Å². The number of halogens is 3. The maximum atomic E-state index is 13.0. The number of benzene rings is 4. The summed E-state index contributed by atoms with van der Waals surface area (Å²) in [6.07, 6.45) is 0. The molecule has 0 bridgehead atoms.